The molecule has 4 rings (SSSR count). The number of hydrogen-bond acceptors (Lipinski definition) is 6. The molecule has 0 saturated carbocycles. The molecule has 1 heterocycles. The van der Waals surface area contributed by atoms with Crippen LogP contribution in [0.25, 0.3) is 0 Å². The lowest BCUT2D eigenvalue weighted by Crippen LogP contribution is -2.25. The molecule has 180 valence electrons. The topological polar surface area (TPSA) is 66.4 Å². The number of ether oxygens (including phenoxy) is 4. The van der Waals surface area contributed by atoms with Gasteiger partial charge in [0, 0.05) is 25.0 Å². The molecule has 6 nitrogen and oxygen atoms in total. The van der Waals surface area contributed by atoms with Gasteiger partial charge in [-0.1, -0.05) is 91.0 Å². The third kappa shape index (κ3) is 6.16. The molecule has 0 radical (unpaired) electrons. The molecular weight excluding hydrogens is 442 g/mol. The highest BCUT2D eigenvalue weighted by atomic mass is 16.7. The van der Waals surface area contributed by atoms with Gasteiger partial charge < -0.3 is 18.9 Å². The minimum Gasteiger partial charge on any atom is -0.463 e. The van der Waals surface area contributed by atoms with Crippen molar-refractivity contribution in [3.63, 3.8) is 0 Å². The lowest BCUT2D eigenvalue weighted by molar-refractivity contribution is -0.153. The Morgan fingerprint density at radius 2 is 1.40 bits per heavy atom. The Labute approximate surface area is 205 Å². The molecule has 1 atom stereocenters. The molecule has 0 N–H and O–H groups in total. The van der Waals surface area contributed by atoms with Crippen molar-refractivity contribution in [2.24, 2.45) is 4.99 Å². The monoisotopic (exact) mass is 471 g/mol. The molecule has 6 heteroatoms. The molecule has 1 aliphatic rings. The Bertz CT molecular complexity index is 1150. The van der Waals surface area contributed by atoms with Crippen molar-refractivity contribution in [1.29, 1.82) is 0 Å². The molecule has 0 spiro atoms. The molecule has 35 heavy (non-hydrogen) atoms. The molecule has 0 bridgehead atoms. The summed E-state index contributed by atoms with van der Waals surface area (Å²) in [5.74, 6) is -1.35. The summed E-state index contributed by atoms with van der Waals surface area (Å²) in [7, 11) is 1.31. The third-order valence-corrected chi connectivity index (χ3v) is 5.37. The van der Waals surface area contributed by atoms with Crippen molar-refractivity contribution in [2.45, 2.75) is 32.3 Å². The second-order valence-corrected chi connectivity index (χ2v) is 8.52. The van der Waals surface area contributed by atoms with E-state index in [-0.39, 0.29) is 12.4 Å². The first-order chi connectivity index (χ1) is 17.0. The van der Waals surface area contributed by atoms with Gasteiger partial charge in [0.05, 0.1) is 26.0 Å². The highest BCUT2D eigenvalue weighted by Gasteiger charge is 2.42. The molecule has 3 aromatic carbocycles. The highest BCUT2D eigenvalue weighted by Crippen LogP contribution is 2.34. The summed E-state index contributed by atoms with van der Waals surface area (Å²) in [5.41, 5.74) is 3.66. The second-order valence-electron chi connectivity index (χ2n) is 8.52. The van der Waals surface area contributed by atoms with Crippen molar-refractivity contribution in [1.82, 2.24) is 0 Å². The van der Waals surface area contributed by atoms with Crippen LogP contribution in [0.2, 0.25) is 0 Å². The van der Waals surface area contributed by atoms with Crippen molar-refractivity contribution in [2.75, 3.05) is 13.7 Å². The first-order valence-corrected chi connectivity index (χ1v) is 11.5. The van der Waals surface area contributed by atoms with Gasteiger partial charge >= 0.3 is 5.97 Å². The van der Waals surface area contributed by atoms with Crippen LogP contribution in [0.4, 0.5) is 0 Å². The normalized spacial score (nSPS) is 15.1. The highest BCUT2D eigenvalue weighted by molar-refractivity contribution is 6.13. The molecule has 0 unspecified atom stereocenters. The standard InChI is InChI=1S/C29H29NO5/c1-29(2)34-26(27(35-29)28(31)32-3)24(20-33-19-21-13-7-4-8-14-21)30-25(22-15-9-5-10-16-22)23-17-11-6-12-18-23/h4-18,24H,19-20H2,1-3H3/t24-/m1/s1. The fraction of sp³-hybridized carbons (Fsp3) is 0.241. The van der Waals surface area contributed by atoms with E-state index in [1.54, 1.807) is 13.8 Å². The average molecular weight is 472 g/mol. The first-order valence-electron chi connectivity index (χ1n) is 11.5. The number of carbonyl (C=O) groups excluding carboxylic acids is 1. The predicted octanol–water partition coefficient (Wildman–Crippen LogP) is 5.28. The Morgan fingerprint density at radius 1 is 0.857 bits per heavy atom. The molecule has 0 fully saturated rings. The summed E-state index contributed by atoms with van der Waals surface area (Å²) < 4.78 is 22.9. The van der Waals surface area contributed by atoms with Crippen LogP contribution in [0.15, 0.2) is 108 Å². The first kappa shape index (κ1) is 24.2. The van der Waals surface area contributed by atoms with Gasteiger partial charge in [0.1, 0.15) is 6.04 Å². The van der Waals surface area contributed by atoms with E-state index in [0.717, 1.165) is 22.4 Å². The molecule has 0 aromatic heterocycles. The Hall–Kier alpha value is -3.90. The number of rotatable bonds is 9. The van der Waals surface area contributed by atoms with Gasteiger partial charge in [-0.3, -0.25) is 4.99 Å². The maximum atomic E-state index is 12.6. The van der Waals surface area contributed by atoms with Crippen LogP contribution in [0.1, 0.15) is 30.5 Å². The van der Waals surface area contributed by atoms with Gasteiger partial charge in [0.15, 0.2) is 5.76 Å². The molecular formula is C29H29NO5. The number of aliphatic imine (C=N–C) groups is 1. The van der Waals surface area contributed by atoms with E-state index in [4.69, 9.17) is 23.9 Å². The average Bonchev–Trinajstić information content (AvgIpc) is 3.22. The largest absolute Gasteiger partial charge is 0.463 e. The third-order valence-electron chi connectivity index (χ3n) is 5.37. The van der Waals surface area contributed by atoms with E-state index in [0.29, 0.717) is 12.4 Å². The van der Waals surface area contributed by atoms with E-state index in [1.165, 1.54) is 7.11 Å². The molecule has 0 saturated heterocycles. The molecule has 1 aliphatic heterocycles. The summed E-state index contributed by atoms with van der Waals surface area (Å²) in [6, 6.07) is 29.0. The maximum Gasteiger partial charge on any atom is 0.377 e. The summed E-state index contributed by atoms with van der Waals surface area (Å²) >= 11 is 0. The van der Waals surface area contributed by atoms with E-state index in [9.17, 15) is 4.79 Å². The van der Waals surface area contributed by atoms with Crippen LogP contribution in [-0.2, 0) is 30.3 Å². The predicted molar refractivity (Wildman–Crippen MR) is 134 cm³/mol. The van der Waals surface area contributed by atoms with Crippen molar-refractivity contribution >= 4 is 11.7 Å². The maximum absolute atomic E-state index is 12.6. The van der Waals surface area contributed by atoms with E-state index < -0.39 is 17.8 Å². The van der Waals surface area contributed by atoms with Crippen LogP contribution in [0, 0.1) is 0 Å². The zero-order valence-corrected chi connectivity index (χ0v) is 20.1. The van der Waals surface area contributed by atoms with Gasteiger partial charge in [-0.25, -0.2) is 4.79 Å². The molecule has 0 aliphatic carbocycles. The number of benzene rings is 3. The zero-order valence-electron chi connectivity index (χ0n) is 20.1. The number of esters is 1. The minimum absolute atomic E-state index is 0.00929. The summed E-state index contributed by atoms with van der Waals surface area (Å²) in [6.45, 7) is 4.05. The van der Waals surface area contributed by atoms with Crippen molar-refractivity contribution in [3.05, 3.63) is 119 Å². The quantitative estimate of drug-likeness (QED) is 0.314. The van der Waals surface area contributed by atoms with E-state index in [1.807, 2.05) is 91.0 Å². The van der Waals surface area contributed by atoms with Crippen LogP contribution in [-0.4, -0.2) is 37.2 Å². The Balaban J connectivity index is 1.76. The second kappa shape index (κ2) is 11.0. The number of carbonyl (C=O) groups is 1. The molecule has 0 amide bonds. The van der Waals surface area contributed by atoms with Crippen molar-refractivity contribution in [3.8, 4) is 0 Å². The number of hydrogen-bond donors (Lipinski definition) is 0. The number of nitrogens with zero attached hydrogens (tertiary/aromatic N) is 1. The summed E-state index contributed by atoms with van der Waals surface area (Å²) in [5, 5.41) is 0. The number of methoxy groups -OCH3 is 1. The van der Waals surface area contributed by atoms with Gasteiger partial charge in [0.25, 0.3) is 0 Å². The van der Waals surface area contributed by atoms with Crippen molar-refractivity contribution < 1.29 is 23.7 Å². The SMILES string of the molecule is COC(=O)C1=C([C@@H](COCc2ccccc2)N=C(c2ccccc2)c2ccccc2)OC(C)(C)O1. The van der Waals surface area contributed by atoms with E-state index >= 15 is 0 Å². The lowest BCUT2D eigenvalue weighted by Gasteiger charge is -2.21. The van der Waals surface area contributed by atoms with Crippen LogP contribution in [0.5, 0.6) is 0 Å². The molecule has 3 aromatic rings. The summed E-state index contributed by atoms with van der Waals surface area (Å²) in [4.78, 5) is 17.6. The Kier molecular flexibility index (Phi) is 7.63. The fourth-order valence-electron chi connectivity index (χ4n) is 3.78. The van der Waals surface area contributed by atoms with Gasteiger partial charge in [-0.2, -0.15) is 0 Å². The lowest BCUT2D eigenvalue weighted by atomic mass is 10.0. The minimum atomic E-state index is -1.04. The summed E-state index contributed by atoms with van der Waals surface area (Å²) in [6.07, 6.45) is 0. The van der Waals surface area contributed by atoms with Crippen LogP contribution >= 0.6 is 0 Å². The van der Waals surface area contributed by atoms with Crippen LogP contribution in [0.3, 0.4) is 0 Å². The zero-order chi connectivity index (χ0) is 24.7. The van der Waals surface area contributed by atoms with Gasteiger partial charge in [-0.05, 0) is 5.56 Å². The van der Waals surface area contributed by atoms with Gasteiger partial charge in [-0.15, -0.1) is 0 Å². The van der Waals surface area contributed by atoms with Gasteiger partial charge in [0.2, 0.25) is 11.5 Å². The Morgan fingerprint density at radius 3 is 1.94 bits per heavy atom. The van der Waals surface area contributed by atoms with Crippen LogP contribution < -0.4 is 0 Å². The fourth-order valence-corrected chi connectivity index (χ4v) is 3.78. The van der Waals surface area contributed by atoms with E-state index in [2.05, 4.69) is 0 Å². The smallest absolute Gasteiger partial charge is 0.377 e.